The molecular weight excluding hydrogens is 556 g/mol. The highest BCUT2D eigenvalue weighted by atomic mass is 16.6. The van der Waals surface area contributed by atoms with Gasteiger partial charge in [0.15, 0.2) is 0 Å². The minimum absolute atomic E-state index is 0.160. The summed E-state index contributed by atoms with van der Waals surface area (Å²) < 4.78 is 11.2. The van der Waals surface area contributed by atoms with E-state index in [1.54, 1.807) is 31.0 Å². The normalized spacial score (nSPS) is 13.2. The summed E-state index contributed by atoms with van der Waals surface area (Å²) in [6, 6.07) is 9.59. The summed E-state index contributed by atoms with van der Waals surface area (Å²) in [7, 11) is 0. The predicted octanol–water partition coefficient (Wildman–Crippen LogP) is 6.54. The van der Waals surface area contributed by atoms with Crippen molar-refractivity contribution in [3.8, 4) is 16.9 Å². The fraction of sp³-hybridized carbons (Fsp3) is 0.529. The summed E-state index contributed by atoms with van der Waals surface area (Å²) >= 11 is 0. The number of rotatable bonds is 11. The number of likely N-dealkylation sites (tertiary alicyclic amines) is 1. The average Bonchev–Trinajstić information content (AvgIpc) is 2.97. The van der Waals surface area contributed by atoms with E-state index in [0.717, 1.165) is 62.3 Å². The number of anilines is 1. The van der Waals surface area contributed by atoms with Gasteiger partial charge in [-0.15, -0.1) is 0 Å². The van der Waals surface area contributed by atoms with Crippen LogP contribution in [-0.4, -0.2) is 73.8 Å². The van der Waals surface area contributed by atoms with Crippen molar-refractivity contribution in [3.05, 3.63) is 41.5 Å². The highest BCUT2D eigenvalue weighted by Crippen LogP contribution is 2.38. The first-order valence-corrected chi connectivity index (χ1v) is 15.6. The molecule has 2 amide bonds. The van der Waals surface area contributed by atoms with Crippen LogP contribution in [0.1, 0.15) is 90.1 Å². The lowest BCUT2D eigenvalue weighted by Crippen LogP contribution is -2.39. The van der Waals surface area contributed by atoms with E-state index >= 15 is 0 Å². The van der Waals surface area contributed by atoms with Gasteiger partial charge in [-0.1, -0.05) is 6.92 Å². The first kappa shape index (κ1) is 36.3. The molecule has 3 rings (SSSR count). The predicted molar refractivity (Wildman–Crippen MR) is 181 cm³/mol. The average molecular weight is 609 g/mol. The van der Waals surface area contributed by atoms with E-state index < -0.39 is 5.91 Å². The Bertz CT molecular complexity index is 1250. The van der Waals surface area contributed by atoms with E-state index in [1.165, 1.54) is 6.42 Å². The van der Waals surface area contributed by atoms with Crippen molar-refractivity contribution in [2.24, 2.45) is 16.5 Å². The molecule has 0 radical (unpaired) electrons. The highest BCUT2D eigenvalue weighted by Gasteiger charge is 2.23. The van der Waals surface area contributed by atoms with Crippen LogP contribution in [0.5, 0.6) is 5.75 Å². The largest absolute Gasteiger partial charge is 0.493 e. The topological polar surface area (TPSA) is 147 Å². The summed E-state index contributed by atoms with van der Waals surface area (Å²) in [4.78, 5) is 32.0. The molecule has 1 aliphatic rings. The van der Waals surface area contributed by atoms with E-state index in [4.69, 9.17) is 26.4 Å². The Morgan fingerprint density at radius 2 is 1.73 bits per heavy atom. The van der Waals surface area contributed by atoms with Crippen molar-refractivity contribution in [3.63, 3.8) is 0 Å². The maximum absolute atomic E-state index is 12.2. The molecule has 242 valence electrons. The number of nitrogens with zero attached hydrogens (tertiary/aromatic N) is 3. The zero-order chi connectivity index (χ0) is 32.9. The molecule has 0 aliphatic carbocycles. The Morgan fingerprint density at radius 3 is 2.25 bits per heavy atom. The van der Waals surface area contributed by atoms with Gasteiger partial charge in [0.05, 0.1) is 17.9 Å². The van der Waals surface area contributed by atoms with Gasteiger partial charge in [0, 0.05) is 67.5 Å². The Labute approximate surface area is 263 Å². The molecule has 2 aromatic carbocycles. The van der Waals surface area contributed by atoms with Gasteiger partial charge in [-0.3, -0.25) is 9.79 Å². The third-order valence-electron chi connectivity index (χ3n) is 6.88. The molecule has 10 heteroatoms. The van der Waals surface area contributed by atoms with Crippen LogP contribution in [0.2, 0.25) is 0 Å². The Balaban J connectivity index is 0.000000432. The van der Waals surface area contributed by atoms with Crippen LogP contribution in [0.4, 0.5) is 16.2 Å². The second-order valence-corrected chi connectivity index (χ2v) is 11.7. The number of nitrogens with two attached hydrogens (primary N) is 2. The maximum Gasteiger partial charge on any atom is 0.410 e. The van der Waals surface area contributed by atoms with Crippen LogP contribution in [0.3, 0.4) is 0 Å². The zero-order valence-electron chi connectivity index (χ0n) is 27.7. The SMILES string of the molecule is CC(C)(C)OC(=O)N1CCCCC1.CC=Nc1c(C(C)=N)cc(-c2ccc(N(CCC)CCN)cc2OCC)cc1C(N)=O. The van der Waals surface area contributed by atoms with Crippen molar-refractivity contribution in [1.82, 2.24) is 4.90 Å². The molecule has 0 spiro atoms. The fourth-order valence-electron chi connectivity index (χ4n) is 4.95. The zero-order valence-corrected chi connectivity index (χ0v) is 27.7. The van der Waals surface area contributed by atoms with Gasteiger partial charge in [-0.2, -0.15) is 0 Å². The summed E-state index contributed by atoms with van der Waals surface area (Å²) in [5, 5.41) is 8.19. The van der Waals surface area contributed by atoms with Crippen LogP contribution in [0, 0.1) is 5.41 Å². The van der Waals surface area contributed by atoms with Crippen molar-refractivity contribution in [2.75, 3.05) is 44.2 Å². The quantitative estimate of drug-likeness (QED) is 0.247. The van der Waals surface area contributed by atoms with Crippen LogP contribution >= 0.6 is 0 Å². The molecule has 1 aliphatic heterocycles. The lowest BCUT2D eigenvalue weighted by Gasteiger charge is -2.29. The Kier molecular flexibility index (Phi) is 14.3. The third-order valence-corrected chi connectivity index (χ3v) is 6.88. The molecule has 1 saturated heterocycles. The number of piperidine rings is 1. The van der Waals surface area contributed by atoms with Gasteiger partial charge >= 0.3 is 6.09 Å². The number of benzene rings is 2. The number of hydrogen-bond donors (Lipinski definition) is 3. The van der Waals surface area contributed by atoms with Gasteiger partial charge in [-0.25, -0.2) is 4.79 Å². The highest BCUT2D eigenvalue weighted by molar-refractivity contribution is 6.09. The van der Waals surface area contributed by atoms with Crippen LogP contribution in [0.25, 0.3) is 11.1 Å². The molecule has 5 N–H and O–H groups in total. The second kappa shape index (κ2) is 17.4. The number of hydrogen-bond acceptors (Lipinski definition) is 8. The molecule has 0 saturated carbocycles. The molecular formula is C34H52N6O4. The van der Waals surface area contributed by atoms with Gasteiger partial charge in [0.25, 0.3) is 5.91 Å². The first-order chi connectivity index (χ1) is 20.9. The van der Waals surface area contributed by atoms with Crippen molar-refractivity contribution < 1.29 is 19.1 Å². The van der Waals surface area contributed by atoms with E-state index in [2.05, 4.69) is 16.8 Å². The second-order valence-electron chi connectivity index (χ2n) is 11.7. The van der Waals surface area contributed by atoms with E-state index in [9.17, 15) is 9.59 Å². The molecule has 0 unspecified atom stereocenters. The third kappa shape index (κ3) is 10.7. The van der Waals surface area contributed by atoms with Crippen molar-refractivity contribution >= 4 is 35.3 Å². The van der Waals surface area contributed by atoms with Gasteiger partial charge in [-0.05, 0) is 97.1 Å². The number of nitrogens with one attached hydrogen (secondary N) is 1. The number of ether oxygens (including phenoxy) is 2. The standard InChI is InChI=1S/C24H33N5O2.C10H19NO2/c1-5-11-29(12-10-25)18-8-9-19(22(15-18)31-7-3)17-13-20(16(4)26)23(28-6-2)21(14-17)24(27)30;1-10(2,3)13-9(12)11-7-5-4-6-8-11/h6,8-9,13-15,26H,5,7,10-12,25H2,1-4H3,(H2,27,30);4-8H2,1-3H3. The van der Waals surface area contributed by atoms with Crippen LogP contribution < -0.4 is 21.1 Å². The molecule has 0 bridgehead atoms. The first-order valence-electron chi connectivity index (χ1n) is 15.6. The summed E-state index contributed by atoms with van der Waals surface area (Å²) in [5.41, 5.74) is 15.2. The van der Waals surface area contributed by atoms with Crippen LogP contribution in [0.15, 0.2) is 35.3 Å². The van der Waals surface area contributed by atoms with Crippen molar-refractivity contribution in [1.29, 1.82) is 5.41 Å². The Morgan fingerprint density at radius 1 is 1.07 bits per heavy atom. The van der Waals surface area contributed by atoms with E-state index in [0.29, 0.717) is 35.9 Å². The monoisotopic (exact) mass is 608 g/mol. The number of aliphatic imine (C=N–C) groups is 1. The summed E-state index contributed by atoms with van der Waals surface area (Å²) in [6.07, 6.45) is 5.90. The van der Waals surface area contributed by atoms with Gasteiger partial charge in [0.2, 0.25) is 0 Å². The smallest absolute Gasteiger partial charge is 0.410 e. The lowest BCUT2D eigenvalue weighted by molar-refractivity contribution is 0.0216. The molecule has 2 aromatic rings. The Hall–Kier alpha value is -3.92. The lowest BCUT2D eigenvalue weighted by atomic mass is 9.94. The number of primary amides is 1. The molecule has 0 aromatic heterocycles. The number of carbonyl (C=O) groups excluding carboxylic acids is 2. The van der Waals surface area contributed by atoms with Crippen molar-refractivity contribution in [2.45, 2.75) is 79.8 Å². The summed E-state index contributed by atoms with van der Waals surface area (Å²) in [5.74, 6) is 0.116. The van der Waals surface area contributed by atoms with Gasteiger partial charge < -0.3 is 36.2 Å². The minimum atomic E-state index is -0.586. The van der Waals surface area contributed by atoms with E-state index in [-0.39, 0.29) is 17.3 Å². The molecule has 1 fully saturated rings. The molecule has 0 atom stereocenters. The molecule has 10 nitrogen and oxygen atoms in total. The van der Waals surface area contributed by atoms with Crippen LogP contribution in [-0.2, 0) is 4.74 Å². The fourth-order valence-corrected chi connectivity index (χ4v) is 4.95. The molecule has 44 heavy (non-hydrogen) atoms. The number of carbonyl (C=O) groups is 2. The van der Waals surface area contributed by atoms with E-state index in [1.807, 2.05) is 52.0 Å². The minimum Gasteiger partial charge on any atom is -0.493 e. The number of amides is 2. The summed E-state index contributed by atoms with van der Waals surface area (Å²) in [6.45, 7) is 17.6. The maximum atomic E-state index is 12.2. The van der Waals surface area contributed by atoms with Gasteiger partial charge in [0.1, 0.15) is 11.4 Å². The molecule has 1 heterocycles.